The number of pyridine rings is 1. The second-order valence-electron chi connectivity index (χ2n) is 7.33. The molecule has 5 heteroatoms. The summed E-state index contributed by atoms with van der Waals surface area (Å²) >= 11 is 0. The van der Waals surface area contributed by atoms with E-state index in [2.05, 4.69) is 39.5 Å². The minimum absolute atomic E-state index is 0.0638. The maximum atomic E-state index is 13.1. The highest BCUT2D eigenvalue weighted by Gasteiger charge is 2.18. The quantitative estimate of drug-likeness (QED) is 0.676. The van der Waals surface area contributed by atoms with E-state index in [0.29, 0.717) is 13.1 Å². The first-order chi connectivity index (χ1) is 13.5. The summed E-state index contributed by atoms with van der Waals surface area (Å²) in [7, 11) is 4.03. The Kier molecular flexibility index (Phi) is 6.61. The maximum absolute atomic E-state index is 13.1. The van der Waals surface area contributed by atoms with E-state index in [9.17, 15) is 4.79 Å². The predicted octanol–water partition coefficient (Wildman–Crippen LogP) is 4.07. The molecule has 0 fully saturated rings. The molecule has 5 nitrogen and oxygen atoms in total. The van der Waals surface area contributed by atoms with Crippen molar-refractivity contribution in [3.8, 4) is 0 Å². The molecule has 0 aliphatic carbocycles. The van der Waals surface area contributed by atoms with Crippen molar-refractivity contribution >= 4 is 16.8 Å². The molecule has 146 valence electrons. The third-order valence-electron chi connectivity index (χ3n) is 4.83. The molecule has 1 aromatic heterocycles. The van der Waals surface area contributed by atoms with Crippen LogP contribution >= 0.6 is 0 Å². The zero-order chi connectivity index (χ0) is 19.9. The Morgan fingerprint density at radius 3 is 2.57 bits per heavy atom. The number of likely N-dealkylation sites (N-methyl/N-ethyl adjacent to an activating group) is 1. The molecule has 0 bridgehead atoms. The van der Waals surface area contributed by atoms with Gasteiger partial charge in [-0.2, -0.15) is 0 Å². The van der Waals surface area contributed by atoms with Crippen LogP contribution in [0.1, 0.15) is 24.1 Å². The number of carbonyl (C=O) groups is 1. The highest BCUT2D eigenvalue weighted by molar-refractivity contribution is 5.86. The Morgan fingerprint density at radius 2 is 1.82 bits per heavy atom. The molecule has 1 N–H and O–H groups in total. The lowest BCUT2D eigenvalue weighted by Crippen LogP contribution is -2.43. The van der Waals surface area contributed by atoms with Gasteiger partial charge < -0.3 is 15.1 Å². The highest BCUT2D eigenvalue weighted by Crippen LogP contribution is 2.24. The van der Waals surface area contributed by atoms with E-state index in [0.717, 1.165) is 17.7 Å². The van der Waals surface area contributed by atoms with Gasteiger partial charge in [0.25, 0.3) is 0 Å². The summed E-state index contributed by atoms with van der Waals surface area (Å²) in [5.41, 5.74) is 2.15. The lowest BCUT2D eigenvalue weighted by Gasteiger charge is -2.27. The Hall–Kier alpha value is -2.92. The fourth-order valence-corrected chi connectivity index (χ4v) is 3.27. The van der Waals surface area contributed by atoms with Gasteiger partial charge in [0.15, 0.2) is 0 Å². The van der Waals surface area contributed by atoms with Gasteiger partial charge in [-0.05, 0) is 49.0 Å². The van der Waals surface area contributed by atoms with Crippen molar-refractivity contribution in [2.75, 3.05) is 27.2 Å². The van der Waals surface area contributed by atoms with Crippen LogP contribution in [0.15, 0.2) is 67.0 Å². The number of rotatable bonds is 7. The van der Waals surface area contributed by atoms with Gasteiger partial charge in [0.2, 0.25) is 0 Å². The fourth-order valence-electron chi connectivity index (χ4n) is 3.27. The van der Waals surface area contributed by atoms with Crippen molar-refractivity contribution in [2.45, 2.75) is 19.5 Å². The van der Waals surface area contributed by atoms with E-state index in [-0.39, 0.29) is 12.1 Å². The van der Waals surface area contributed by atoms with Gasteiger partial charge in [-0.3, -0.25) is 4.98 Å². The van der Waals surface area contributed by atoms with Crippen molar-refractivity contribution in [1.29, 1.82) is 0 Å². The van der Waals surface area contributed by atoms with Crippen LogP contribution in [0.2, 0.25) is 0 Å². The van der Waals surface area contributed by atoms with E-state index in [1.165, 1.54) is 10.8 Å². The summed E-state index contributed by atoms with van der Waals surface area (Å²) in [5.74, 6) is 0. The number of nitrogens with zero attached hydrogens (tertiary/aromatic N) is 3. The topological polar surface area (TPSA) is 48.5 Å². The number of carbonyl (C=O) groups excluding carboxylic acids is 1. The van der Waals surface area contributed by atoms with Crippen molar-refractivity contribution in [3.05, 3.63) is 78.1 Å². The molecule has 3 rings (SSSR count). The van der Waals surface area contributed by atoms with Gasteiger partial charge in [-0.15, -0.1) is 0 Å². The number of hydrogen-bond acceptors (Lipinski definition) is 3. The van der Waals surface area contributed by atoms with E-state index in [4.69, 9.17) is 0 Å². The molecular formula is C23H28N4O. The molecule has 28 heavy (non-hydrogen) atoms. The number of hydrogen-bond donors (Lipinski definition) is 1. The Balaban J connectivity index is 1.76. The highest BCUT2D eigenvalue weighted by atomic mass is 16.2. The fraction of sp³-hybridized carbons (Fsp3) is 0.304. The van der Waals surface area contributed by atoms with E-state index in [1.807, 2.05) is 62.4 Å². The molecule has 0 saturated carbocycles. The second-order valence-corrected chi connectivity index (χ2v) is 7.33. The summed E-state index contributed by atoms with van der Waals surface area (Å²) in [6.07, 6.45) is 3.56. The SMILES string of the molecule is CC(NC(=O)N(CCN(C)C)Cc1cccnc1)c1cccc2ccccc12. The predicted molar refractivity (Wildman–Crippen MR) is 114 cm³/mol. The monoisotopic (exact) mass is 376 g/mol. The minimum Gasteiger partial charge on any atom is -0.331 e. The normalized spacial score (nSPS) is 12.1. The average Bonchev–Trinajstić information content (AvgIpc) is 2.71. The molecule has 2 amide bonds. The van der Waals surface area contributed by atoms with E-state index in [1.54, 1.807) is 6.20 Å². The van der Waals surface area contributed by atoms with Gasteiger partial charge in [-0.25, -0.2) is 4.79 Å². The van der Waals surface area contributed by atoms with Crippen LogP contribution < -0.4 is 5.32 Å². The molecule has 0 spiro atoms. The number of nitrogens with one attached hydrogen (secondary N) is 1. The van der Waals surface area contributed by atoms with E-state index >= 15 is 0 Å². The van der Waals surface area contributed by atoms with Gasteiger partial charge in [-0.1, -0.05) is 48.5 Å². The molecule has 0 radical (unpaired) electrons. The van der Waals surface area contributed by atoms with Crippen LogP contribution in [0.3, 0.4) is 0 Å². The van der Waals surface area contributed by atoms with Crippen LogP contribution in [0.4, 0.5) is 4.79 Å². The largest absolute Gasteiger partial charge is 0.331 e. The van der Waals surface area contributed by atoms with Crippen molar-refractivity contribution in [2.24, 2.45) is 0 Å². The summed E-state index contributed by atoms with van der Waals surface area (Å²) in [5, 5.41) is 5.53. The maximum Gasteiger partial charge on any atom is 0.318 e. The summed E-state index contributed by atoms with van der Waals surface area (Å²) in [6, 6.07) is 18.2. The van der Waals surface area contributed by atoms with Gasteiger partial charge in [0.1, 0.15) is 0 Å². The third-order valence-corrected chi connectivity index (χ3v) is 4.83. The Labute approximate surface area is 167 Å². The van der Waals surface area contributed by atoms with Crippen molar-refractivity contribution in [3.63, 3.8) is 0 Å². The summed E-state index contributed by atoms with van der Waals surface area (Å²) in [6.45, 7) is 4.02. The first kappa shape index (κ1) is 19.8. The molecule has 1 atom stereocenters. The lowest BCUT2D eigenvalue weighted by molar-refractivity contribution is 0.185. The number of urea groups is 1. The van der Waals surface area contributed by atoms with Crippen molar-refractivity contribution < 1.29 is 4.79 Å². The molecule has 1 unspecified atom stereocenters. The average molecular weight is 377 g/mol. The molecule has 2 aromatic carbocycles. The molecule has 1 heterocycles. The summed E-state index contributed by atoms with van der Waals surface area (Å²) < 4.78 is 0. The number of aromatic nitrogens is 1. The Morgan fingerprint density at radius 1 is 1.04 bits per heavy atom. The second kappa shape index (κ2) is 9.33. The standard InChI is InChI=1S/C23H28N4O/c1-18(21-12-6-10-20-9-4-5-11-22(20)21)25-23(28)27(15-14-26(2)3)17-19-8-7-13-24-16-19/h4-13,16,18H,14-15,17H2,1-3H3,(H,25,28). The minimum atomic E-state index is -0.0886. The zero-order valence-electron chi connectivity index (χ0n) is 16.8. The third kappa shape index (κ3) is 5.08. The van der Waals surface area contributed by atoms with Crippen molar-refractivity contribution in [1.82, 2.24) is 20.1 Å². The van der Waals surface area contributed by atoms with E-state index < -0.39 is 0 Å². The Bertz CT molecular complexity index is 905. The van der Waals surface area contributed by atoms with Crippen LogP contribution in [0.25, 0.3) is 10.8 Å². The van der Waals surface area contributed by atoms with Gasteiger partial charge in [0, 0.05) is 32.0 Å². The van der Waals surface area contributed by atoms with Crippen LogP contribution in [0.5, 0.6) is 0 Å². The van der Waals surface area contributed by atoms with Crippen LogP contribution in [0, 0.1) is 0 Å². The zero-order valence-corrected chi connectivity index (χ0v) is 16.8. The molecular weight excluding hydrogens is 348 g/mol. The number of benzene rings is 2. The molecule has 3 aromatic rings. The lowest BCUT2D eigenvalue weighted by atomic mass is 10.00. The smallest absolute Gasteiger partial charge is 0.318 e. The van der Waals surface area contributed by atoms with Crippen LogP contribution in [-0.2, 0) is 6.54 Å². The van der Waals surface area contributed by atoms with Crippen LogP contribution in [-0.4, -0.2) is 48.0 Å². The first-order valence-electron chi connectivity index (χ1n) is 9.61. The first-order valence-corrected chi connectivity index (χ1v) is 9.61. The number of fused-ring (bicyclic) bond motifs is 1. The molecule has 0 aliphatic heterocycles. The number of amides is 2. The van der Waals surface area contributed by atoms with Gasteiger partial charge in [0.05, 0.1) is 6.04 Å². The molecule has 0 saturated heterocycles. The summed E-state index contributed by atoms with van der Waals surface area (Å²) in [4.78, 5) is 21.1. The van der Waals surface area contributed by atoms with Gasteiger partial charge >= 0.3 is 6.03 Å². The molecule has 0 aliphatic rings.